The van der Waals surface area contributed by atoms with E-state index < -0.39 is 30.1 Å². The quantitative estimate of drug-likeness (QED) is 0.404. The van der Waals surface area contributed by atoms with E-state index in [-0.39, 0.29) is 36.3 Å². The van der Waals surface area contributed by atoms with E-state index in [0.717, 1.165) is 4.90 Å². The van der Waals surface area contributed by atoms with Gasteiger partial charge in [0.1, 0.15) is 11.3 Å². The van der Waals surface area contributed by atoms with Crippen LogP contribution >= 0.6 is 0 Å². The van der Waals surface area contributed by atoms with E-state index in [0.29, 0.717) is 22.6 Å². The molecule has 0 radical (unpaired) electrons. The molecule has 6 nitrogen and oxygen atoms in total. The van der Waals surface area contributed by atoms with Crippen LogP contribution in [0.1, 0.15) is 34.7 Å². The Balaban J connectivity index is 1.45. The zero-order valence-corrected chi connectivity index (χ0v) is 18.3. The van der Waals surface area contributed by atoms with E-state index in [2.05, 4.69) is 15.0 Å². The van der Waals surface area contributed by atoms with Gasteiger partial charge in [-0.05, 0) is 43.2 Å². The van der Waals surface area contributed by atoms with Gasteiger partial charge in [-0.1, -0.05) is 18.2 Å². The lowest BCUT2D eigenvalue weighted by atomic mass is 10.00. The molecule has 5 rings (SSSR count). The molecule has 0 bridgehead atoms. The Labute approximate surface area is 193 Å². The molecule has 3 heterocycles. The number of alkyl halides is 2. The van der Waals surface area contributed by atoms with Crippen LogP contribution in [0.15, 0.2) is 59.3 Å². The Hall–Kier alpha value is -3.75. The molecular weight excluding hydrogens is 445 g/mol. The first-order valence-electron chi connectivity index (χ1n) is 10.9. The van der Waals surface area contributed by atoms with Crippen molar-refractivity contribution in [2.24, 2.45) is 0 Å². The van der Waals surface area contributed by atoms with Gasteiger partial charge < -0.3 is 9.32 Å². The van der Waals surface area contributed by atoms with Crippen LogP contribution in [-0.2, 0) is 6.42 Å². The molecule has 2 aromatic carbocycles. The van der Waals surface area contributed by atoms with Gasteiger partial charge in [0.25, 0.3) is 11.8 Å². The molecule has 0 unspecified atom stereocenters. The van der Waals surface area contributed by atoms with Gasteiger partial charge >= 0.3 is 0 Å². The number of aromatic nitrogens is 3. The highest BCUT2D eigenvalue weighted by Crippen LogP contribution is 2.38. The summed E-state index contributed by atoms with van der Waals surface area (Å²) in [6.07, 6.45) is 2.49. The van der Waals surface area contributed by atoms with E-state index in [1.54, 1.807) is 31.2 Å². The second-order valence-corrected chi connectivity index (χ2v) is 8.33. The number of hydrogen-bond donors (Lipinski definition) is 0. The van der Waals surface area contributed by atoms with Crippen molar-refractivity contribution in [3.63, 3.8) is 0 Å². The highest BCUT2D eigenvalue weighted by atomic mass is 19.3. The van der Waals surface area contributed by atoms with Gasteiger partial charge in [-0.2, -0.15) is 0 Å². The lowest BCUT2D eigenvalue weighted by molar-refractivity contribution is -0.0323. The number of para-hydroxylation sites is 2. The molecule has 1 atom stereocenters. The highest BCUT2D eigenvalue weighted by Gasteiger charge is 2.50. The molecule has 0 spiro atoms. The summed E-state index contributed by atoms with van der Waals surface area (Å²) in [6.45, 7) is 1.41. The first kappa shape index (κ1) is 22.1. The molecule has 174 valence electrons. The molecule has 0 aliphatic carbocycles. The third-order valence-electron chi connectivity index (χ3n) is 6.14. The SMILES string of the molecule is Cc1ccc(C(=O)N2CCC(F)(F)[C@H]2CCc2nc3ccccc3o2)c(-c2ncccn2)c1F. The number of carbonyl (C=O) groups excluding carboxylic acids is 1. The molecule has 4 aromatic rings. The fourth-order valence-electron chi connectivity index (χ4n) is 4.38. The molecule has 0 N–H and O–H groups in total. The fraction of sp³-hybridized carbons (Fsp3) is 0.280. The zero-order chi connectivity index (χ0) is 23.9. The summed E-state index contributed by atoms with van der Waals surface area (Å²) in [5, 5.41) is 0. The van der Waals surface area contributed by atoms with Gasteiger partial charge in [0.2, 0.25) is 0 Å². The Morgan fingerprint density at radius 2 is 1.91 bits per heavy atom. The van der Waals surface area contributed by atoms with Gasteiger partial charge in [-0.25, -0.2) is 28.1 Å². The molecular formula is C25H21F3N4O2. The van der Waals surface area contributed by atoms with Crippen molar-refractivity contribution in [2.75, 3.05) is 6.54 Å². The van der Waals surface area contributed by atoms with Crippen molar-refractivity contribution in [3.8, 4) is 11.4 Å². The second kappa shape index (κ2) is 8.55. The summed E-state index contributed by atoms with van der Waals surface area (Å²) in [5.41, 5.74) is 1.40. The number of likely N-dealkylation sites (tertiary alicyclic amines) is 1. The number of hydrogen-bond acceptors (Lipinski definition) is 5. The number of carbonyl (C=O) groups is 1. The van der Waals surface area contributed by atoms with Crippen LogP contribution < -0.4 is 0 Å². The number of aryl methyl sites for hydroxylation is 2. The number of oxazole rings is 1. The molecule has 2 aromatic heterocycles. The van der Waals surface area contributed by atoms with Crippen LogP contribution in [0, 0.1) is 12.7 Å². The largest absolute Gasteiger partial charge is 0.441 e. The summed E-state index contributed by atoms with van der Waals surface area (Å²) in [7, 11) is 0. The highest BCUT2D eigenvalue weighted by molar-refractivity contribution is 6.00. The van der Waals surface area contributed by atoms with Gasteiger partial charge in [0, 0.05) is 31.8 Å². The Kier molecular flexibility index (Phi) is 5.55. The fourth-order valence-corrected chi connectivity index (χ4v) is 4.38. The van der Waals surface area contributed by atoms with Crippen LogP contribution in [0.4, 0.5) is 13.2 Å². The molecule has 1 fully saturated rings. The summed E-state index contributed by atoms with van der Waals surface area (Å²) >= 11 is 0. The van der Waals surface area contributed by atoms with Crippen molar-refractivity contribution < 1.29 is 22.4 Å². The number of halogens is 3. The average Bonchev–Trinajstić information content (AvgIpc) is 3.38. The number of nitrogens with zero attached hydrogens (tertiary/aromatic N) is 4. The Bertz CT molecular complexity index is 1320. The van der Waals surface area contributed by atoms with Gasteiger partial charge in [0.15, 0.2) is 17.3 Å². The predicted octanol–water partition coefficient (Wildman–Crippen LogP) is 5.21. The maximum Gasteiger partial charge on any atom is 0.269 e. The van der Waals surface area contributed by atoms with Crippen molar-refractivity contribution >= 4 is 17.0 Å². The van der Waals surface area contributed by atoms with Crippen LogP contribution in [-0.4, -0.2) is 44.3 Å². The summed E-state index contributed by atoms with van der Waals surface area (Å²) in [5.74, 6) is -4.06. The number of amides is 1. The molecule has 1 aliphatic rings. The van der Waals surface area contributed by atoms with Gasteiger partial charge in [-0.3, -0.25) is 4.79 Å². The maximum atomic E-state index is 15.1. The average molecular weight is 466 g/mol. The lowest BCUT2D eigenvalue weighted by Gasteiger charge is -2.28. The van der Waals surface area contributed by atoms with Crippen molar-refractivity contribution in [1.82, 2.24) is 19.9 Å². The minimum Gasteiger partial charge on any atom is -0.441 e. The lowest BCUT2D eigenvalue weighted by Crippen LogP contribution is -2.43. The smallest absolute Gasteiger partial charge is 0.269 e. The predicted molar refractivity (Wildman–Crippen MR) is 119 cm³/mol. The third-order valence-corrected chi connectivity index (χ3v) is 6.14. The first-order chi connectivity index (χ1) is 16.3. The van der Waals surface area contributed by atoms with Crippen LogP contribution in [0.3, 0.4) is 0 Å². The monoisotopic (exact) mass is 466 g/mol. The van der Waals surface area contributed by atoms with E-state index in [4.69, 9.17) is 4.42 Å². The van der Waals surface area contributed by atoms with Crippen LogP contribution in [0.25, 0.3) is 22.5 Å². The number of benzene rings is 2. The Morgan fingerprint density at radius 1 is 1.15 bits per heavy atom. The number of fused-ring (bicyclic) bond motifs is 1. The summed E-state index contributed by atoms with van der Waals surface area (Å²) in [6, 6.07) is 10.3. The Morgan fingerprint density at radius 3 is 2.68 bits per heavy atom. The summed E-state index contributed by atoms with van der Waals surface area (Å²) in [4.78, 5) is 27.1. The van der Waals surface area contributed by atoms with Crippen LogP contribution in [0.2, 0.25) is 0 Å². The standard InChI is InChI=1S/C25H21F3N4O2/c1-15-7-8-16(21(22(15)26)23-29-12-4-13-30-23)24(33)32-14-11-25(27,28)19(32)9-10-20-31-17-5-2-3-6-18(17)34-20/h2-8,12-13,19H,9-11,14H2,1H3/t19-/m1/s1. The van der Waals surface area contributed by atoms with Gasteiger partial charge in [0.05, 0.1) is 17.2 Å². The molecule has 1 amide bonds. The molecule has 1 saturated heterocycles. The molecule has 9 heteroatoms. The minimum absolute atomic E-state index is 0.0287. The topological polar surface area (TPSA) is 72.1 Å². The van der Waals surface area contributed by atoms with Crippen molar-refractivity contribution in [1.29, 1.82) is 0 Å². The van der Waals surface area contributed by atoms with Gasteiger partial charge in [-0.15, -0.1) is 0 Å². The van der Waals surface area contributed by atoms with E-state index in [9.17, 15) is 13.6 Å². The molecule has 34 heavy (non-hydrogen) atoms. The zero-order valence-electron chi connectivity index (χ0n) is 18.3. The van der Waals surface area contributed by atoms with Crippen LogP contribution in [0.5, 0.6) is 0 Å². The van der Waals surface area contributed by atoms with Crippen molar-refractivity contribution in [3.05, 3.63) is 77.7 Å². The van der Waals surface area contributed by atoms with E-state index in [1.807, 2.05) is 6.07 Å². The third kappa shape index (κ3) is 3.91. The second-order valence-electron chi connectivity index (χ2n) is 8.33. The van der Waals surface area contributed by atoms with Crippen molar-refractivity contribution in [2.45, 2.75) is 38.2 Å². The number of rotatable bonds is 5. The maximum absolute atomic E-state index is 15.1. The molecule has 1 aliphatic heterocycles. The first-order valence-corrected chi connectivity index (χ1v) is 10.9. The molecule has 0 saturated carbocycles. The normalized spacial score (nSPS) is 17.4. The van der Waals surface area contributed by atoms with E-state index >= 15 is 4.39 Å². The van der Waals surface area contributed by atoms with E-state index in [1.165, 1.54) is 24.5 Å². The summed E-state index contributed by atoms with van der Waals surface area (Å²) < 4.78 is 50.5. The minimum atomic E-state index is -3.09.